The summed E-state index contributed by atoms with van der Waals surface area (Å²) in [6.45, 7) is 9.17. The van der Waals surface area contributed by atoms with Crippen LogP contribution in [0.1, 0.15) is 17.7 Å². The molecule has 1 saturated heterocycles. The quantitative estimate of drug-likeness (QED) is 0.140. The minimum absolute atomic E-state index is 0. The van der Waals surface area contributed by atoms with Gasteiger partial charge in [-0.05, 0) is 61.4 Å². The first-order valence-corrected chi connectivity index (χ1v) is 15.5. The zero-order chi connectivity index (χ0) is 29.8. The Labute approximate surface area is 268 Å². The number of aryl methyl sites for hydroxylation is 2. The van der Waals surface area contributed by atoms with Crippen molar-refractivity contribution in [2.45, 2.75) is 25.4 Å². The fraction of sp³-hybridized carbons (Fsp3) is 0.344. The van der Waals surface area contributed by atoms with Crippen LogP contribution in [0.25, 0.3) is 28.0 Å². The number of thioether (sulfide) groups is 1. The van der Waals surface area contributed by atoms with Crippen LogP contribution in [0.4, 0.5) is 5.95 Å². The molecule has 0 radical (unpaired) electrons. The van der Waals surface area contributed by atoms with Gasteiger partial charge < -0.3 is 26.8 Å². The van der Waals surface area contributed by atoms with Crippen LogP contribution in [-0.4, -0.2) is 82.7 Å². The molecule has 0 bridgehead atoms. The number of rotatable bonds is 10. The maximum atomic E-state index is 5.67. The first-order chi connectivity index (χ1) is 21.0. The molecule has 6 rings (SSSR count). The standard InChI is InChI=1S/C32H37N8O2S.ClH/c1-22-7-9-24(10-8-22)29-26-21-28(42-4)27(41-3)20-25(26)19-23(2)40(29)31-35-32(37-36-31)43-18-6-13-38-14-16-39(17-15-38)30-33-11-5-12-34-30;/h5,7-12,19-21H,6,13-18H2,1-4H3,(H,35,36,37);1H/q+1;/p-1. The number of ether oxygens (including phenoxy) is 2. The van der Waals surface area contributed by atoms with Gasteiger partial charge in [0.2, 0.25) is 5.95 Å². The van der Waals surface area contributed by atoms with Gasteiger partial charge in [0.05, 0.1) is 19.9 Å². The number of H-pyrrole nitrogens is 1. The summed E-state index contributed by atoms with van der Waals surface area (Å²) in [5.74, 6) is 3.84. The number of aromatic amines is 1. The molecule has 0 amide bonds. The van der Waals surface area contributed by atoms with Gasteiger partial charge in [-0.25, -0.2) is 9.97 Å². The van der Waals surface area contributed by atoms with Crippen LogP contribution in [0, 0.1) is 13.8 Å². The summed E-state index contributed by atoms with van der Waals surface area (Å²) in [7, 11) is 3.33. The van der Waals surface area contributed by atoms with E-state index in [-0.39, 0.29) is 12.4 Å². The van der Waals surface area contributed by atoms with Gasteiger partial charge in [0.15, 0.2) is 11.5 Å². The zero-order valence-electron chi connectivity index (χ0n) is 25.5. The van der Waals surface area contributed by atoms with Crippen LogP contribution in [0.5, 0.6) is 11.5 Å². The van der Waals surface area contributed by atoms with E-state index in [1.54, 1.807) is 38.4 Å². The Morgan fingerprint density at radius 1 is 0.932 bits per heavy atom. The Hall–Kier alpha value is -3.93. The summed E-state index contributed by atoms with van der Waals surface area (Å²) in [4.78, 5) is 18.5. The molecule has 1 aliphatic rings. The average molecular weight is 633 g/mol. The Kier molecular flexibility index (Phi) is 10.2. The lowest BCUT2D eigenvalue weighted by molar-refractivity contribution is -0.597. The summed E-state index contributed by atoms with van der Waals surface area (Å²) >= 11 is 1.69. The molecular weight excluding hydrogens is 596 g/mol. The molecule has 1 fully saturated rings. The van der Waals surface area contributed by atoms with Crippen molar-refractivity contribution in [3.63, 3.8) is 0 Å². The largest absolute Gasteiger partial charge is 1.00 e. The van der Waals surface area contributed by atoms with E-state index in [1.807, 2.05) is 18.2 Å². The van der Waals surface area contributed by atoms with Crippen LogP contribution < -0.4 is 31.3 Å². The van der Waals surface area contributed by atoms with Gasteiger partial charge in [-0.3, -0.25) is 4.90 Å². The Morgan fingerprint density at radius 3 is 2.34 bits per heavy atom. The molecule has 0 aliphatic carbocycles. The molecule has 1 N–H and O–H groups in total. The smallest absolute Gasteiger partial charge is 0.423 e. The molecule has 2 aromatic carbocycles. The Bertz CT molecular complexity index is 1690. The number of halogens is 1. The van der Waals surface area contributed by atoms with Crippen LogP contribution in [0.15, 0.2) is 66.1 Å². The Balaban J connectivity index is 0.00000384. The van der Waals surface area contributed by atoms with Crippen molar-refractivity contribution in [3.05, 3.63) is 72.2 Å². The fourth-order valence-corrected chi connectivity index (χ4v) is 6.27. The van der Waals surface area contributed by atoms with Crippen molar-refractivity contribution in [1.29, 1.82) is 0 Å². The molecule has 0 saturated carbocycles. The number of aromatic nitrogens is 6. The first-order valence-electron chi connectivity index (χ1n) is 14.5. The lowest BCUT2D eigenvalue weighted by atomic mass is 10.0. The van der Waals surface area contributed by atoms with Crippen LogP contribution >= 0.6 is 11.8 Å². The normalized spacial score (nSPS) is 13.6. The number of anilines is 1. The van der Waals surface area contributed by atoms with E-state index in [0.717, 1.165) is 83.7 Å². The van der Waals surface area contributed by atoms with Crippen molar-refractivity contribution in [1.82, 2.24) is 30.0 Å². The highest BCUT2D eigenvalue weighted by atomic mass is 35.5. The summed E-state index contributed by atoms with van der Waals surface area (Å²) in [6, 6.07) is 16.6. The molecule has 230 valence electrons. The fourth-order valence-electron chi connectivity index (χ4n) is 5.56. The number of nitrogens with one attached hydrogen (secondary N) is 1. The SMILES string of the molecule is COc1cc2cc(C)[n+](-c3nc(SCCCN4CCN(c5ncccn5)CC4)n[nH]3)c(-c3ccc(C)cc3)c2cc1OC.[Cl-]. The highest BCUT2D eigenvalue weighted by molar-refractivity contribution is 7.99. The molecular formula is C32H37ClN8O2S. The second-order valence-electron chi connectivity index (χ2n) is 10.7. The number of fused-ring (bicyclic) bond motifs is 1. The third kappa shape index (κ3) is 6.74. The maximum absolute atomic E-state index is 5.67. The third-order valence-electron chi connectivity index (χ3n) is 7.80. The van der Waals surface area contributed by atoms with E-state index in [1.165, 1.54) is 5.56 Å². The van der Waals surface area contributed by atoms with Gasteiger partial charge in [0, 0.05) is 55.3 Å². The second-order valence-corrected chi connectivity index (χ2v) is 11.7. The van der Waals surface area contributed by atoms with E-state index in [0.29, 0.717) is 17.4 Å². The summed E-state index contributed by atoms with van der Waals surface area (Å²) in [5.41, 5.74) is 4.33. The number of methoxy groups -OCH3 is 2. The maximum Gasteiger partial charge on any atom is 0.423 e. The topological polar surface area (TPSA) is 96.2 Å². The molecule has 0 atom stereocenters. The molecule has 0 unspecified atom stereocenters. The lowest BCUT2D eigenvalue weighted by Gasteiger charge is -2.34. The molecule has 44 heavy (non-hydrogen) atoms. The van der Waals surface area contributed by atoms with Crippen LogP contribution in [-0.2, 0) is 0 Å². The summed E-state index contributed by atoms with van der Waals surface area (Å²) < 4.78 is 13.4. The van der Waals surface area contributed by atoms with E-state index < -0.39 is 0 Å². The van der Waals surface area contributed by atoms with Gasteiger partial charge >= 0.3 is 5.95 Å². The number of benzene rings is 2. The van der Waals surface area contributed by atoms with Crippen molar-refractivity contribution in [2.24, 2.45) is 0 Å². The molecule has 1 aliphatic heterocycles. The molecule has 0 spiro atoms. The highest BCUT2D eigenvalue weighted by Crippen LogP contribution is 2.36. The van der Waals surface area contributed by atoms with Crippen molar-refractivity contribution in [2.75, 3.05) is 57.6 Å². The highest BCUT2D eigenvalue weighted by Gasteiger charge is 2.25. The summed E-state index contributed by atoms with van der Waals surface area (Å²) in [6.07, 6.45) is 4.67. The second kappa shape index (κ2) is 14.2. The predicted molar refractivity (Wildman–Crippen MR) is 169 cm³/mol. The number of hydrogen-bond donors (Lipinski definition) is 1. The molecule has 4 heterocycles. The number of pyridine rings is 1. The number of nitrogens with zero attached hydrogens (tertiary/aromatic N) is 7. The van der Waals surface area contributed by atoms with Gasteiger partial charge in [-0.1, -0.05) is 46.7 Å². The van der Waals surface area contributed by atoms with E-state index in [4.69, 9.17) is 14.5 Å². The monoisotopic (exact) mass is 632 g/mol. The number of piperazine rings is 1. The lowest BCUT2D eigenvalue weighted by Crippen LogP contribution is -3.00. The van der Waals surface area contributed by atoms with Crippen molar-refractivity contribution >= 4 is 28.5 Å². The Morgan fingerprint density at radius 2 is 1.64 bits per heavy atom. The van der Waals surface area contributed by atoms with E-state index in [2.05, 4.69) is 78.7 Å². The molecule has 10 nitrogen and oxygen atoms in total. The third-order valence-corrected chi connectivity index (χ3v) is 8.73. The van der Waals surface area contributed by atoms with Gasteiger partial charge in [-0.2, -0.15) is 4.57 Å². The minimum atomic E-state index is 0. The van der Waals surface area contributed by atoms with Gasteiger partial charge in [0.25, 0.3) is 5.16 Å². The predicted octanol–water partition coefficient (Wildman–Crippen LogP) is 1.63. The zero-order valence-corrected chi connectivity index (χ0v) is 27.0. The molecule has 5 aromatic rings. The van der Waals surface area contributed by atoms with Gasteiger partial charge in [-0.15, -0.1) is 5.10 Å². The van der Waals surface area contributed by atoms with E-state index >= 15 is 0 Å². The van der Waals surface area contributed by atoms with Crippen LogP contribution in [0.3, 0.4) is 0 Å². The minimum Gasteiger partial charge on any atom is -1.00 e. The van der Waals surface area contributed by atoms with Crippen LogP contribution in [0.2, 0.25) is 0 Å². The first kappa shape index (κ1) is 31.5. The van der Waals surface area contributed by atoms with Gasteiger partial charge in [0.1, 0.15) is 5.69 Å². The van der Waals surface area contributed by atoms with Crippen molar-refractivity contribution in [3.8, 4) is 28.7 Å². The average Bonchev–Trinajstić information content (AvgIpc) is 3.51. The molecule has 12 heteroatoms. The van der Waals surface area contributed by atoms with Crippen molar-refractivity contribution < 1.29 is 26.4 Å². The molecule has 3 aromatic heterocycles. The number of hydrogen-bond acceptors (Lipinski definition) is 9. The summed E-state index contributed by atoms with van der Waals surface area (Å²) in [5, 5.41) is 10.6. The van der Waals surface area contributed by atoms with E-state index in [9.17, 15) is 0 Å².